The maximum absolute atomic E-state index is 14.4. The van der Waals surface area contributed by atoms with Crippen molar-refractivity contribution in [3.8, 4) is 11.5 Å². The van der Waals surface area contributed by atoms with E-state index in [1.165, 1.54) is 36.0 Å². The van der Waals surface area contributed by atoms with Crippen LogP contribution in [0.5, 0.6) is 11.5 Å². The minimum atomic E-state index is -0.633. The van der Waals surface area contributed by atoms with Crippen LogP contribution in [-0.2, 0) is 4.79 Å². The van der Waals surface area contributed by atoms with Crippen LogP contribution >= 0.6 is 11.8 Å². The second-order valence-corrected chi connectivity index (χ2v) is 9.71. The van der Waals surface area contributed by atoms with Crippen LogP contribution in [-0.4, -0.2) is 30.1 Å². The Morgan fingerprint density at radius 1 is 0.825 bits per heavy atom. The summed E-state index contributed by atoms with van der Waals surface area (Å²) in [7, 11) is 0. The van der Waals surface area contributed by atoms with Crippen molar-refractivity contribution in [3.63, 3.8) is 0 Å². The quantitative estimate of drug-likeness (QED) is 0.151. The molecule has 2 N–H and O–H groups in total. The minimum absolute atomic E-state index is 0.0866. The average molecular weight is 555 g/mol. The predicted octanol–water partition coefficient (Wildman–Crippen LogP) is 5.94. The number of carbonyl (C=O) groups excluding carboxylic acids is 3. The molecule has 0 fully saturated rings. The number of fused-ring (bicyclic) bond motifs is 1. The Morgan fingerprint density at radius 3 is 2.42 bits per heavy atom. The van der Waals surface area contributed by atoms with Gasteiger partial charge in [-0.1, -0.05) is 42.5 Å². The Hall–Kier alpha value is -4.89. The van der Waals surface area contributed by atoms with Crippen LogP contribution in [0.1, 0.15) is 26.3 Å². The van der Waals surface area contributed by atoms with Crippen LogP contribution in [0.3, 0.4) is 0 Å². The van der Waals surface area contributed by atoms with Crippen LogP contribution in [0.4, 0.5) is 10.1 Å². The lowest BCUT2D eigenvalue weighted by atomic mass is 10.1. The van der Waals surface area contributed by atoms with Crippen LogP contribution in [0, 0.1) is 5.82 Å². The molecule has 2 amide bonds. The van der Waals surface area contributed by atoms with Crippen LogP contribution in [0.15, 0.2) is 108 Å². The highest BCUT2D eigenvalue weighted by Crippen LogP contribution is 2.33. The van der Waals surface area contributed by atoms with Crippen molar-refractivity contribution >= 4 is 41.1 Å². The van der Waals surface area contributed by atoms with Gasteiger partial charge in [-0.3, -0.25) is 14.4 Å². The van der Waals surface area contributed by atoms with E-state index in [9.17, 15) is 18.8 Å². The first-order chi connectivity index (χ1) is 19.5. The van der Waals surface area contributed by atoms with Crippen molar-refractivity contribution < 1.29 is 28.2 Å². The van der Waals surface area contributed by atoms with E-state index in [0.717, 1.165) is 4.90 Å². The van der Waals surface area contributed by atoms with Gasteiger partial charge in [0.25, 0.3) is 11.8 Å². The summed E-state index contributed by atoms with van der Waals surface area (Å²) in [6, 6.07) is 26.4. The fourth-order valence-electron chi connectivity index (χ4n) is 3.85. The molecule has 7 nitrogen and oxygen atoms in total. The normalized spacial score (nSPS) is 12.1. The first-order valence-electron chi connectivity index (χ1n) is 12.3. The molecule has 5 rings (SSSR count). The lowest BCUT2D eigenvalue weighted by Crippen LogP contribution is -2.30. The number of thioether (sulfide) groups is 1. The summed E-state index contributed by atoms with van der Waals surface area (Å²) in [5.41, 5.74) is 1.32. The molecule has 0 aliphatic carbocycles. The molecule has 0 saturated heterocycles. The SMILES string of the molecule is O=C(Nc1cccc(SCC(=O)c2ccc3c(c2)OCO3)c1)/C(=C/c1ccccc1F)NC(=O)c1ccccc1. The molecular formula is C31H23FN2O5S. The van der Waals surface area contributed by atoms with Gasteiger partial charge in [-0.2, -0.15) is 0 Å². The number of halogens is 1. The van der Waals surface area contributed by atoms with Gasteiger partial charge in [0.05, 0.1) is 5.75 Å². The Labute approximate surface area is 234 Å². The van der Waals surface area contributed by atoms with Gasteiger partial charge in [-0.05, 0) is 60.7 Å². The lowest BCUT2D eigenvalue weighted by molar-refractivity contribution is -0.113. The van der Waals surface area contributed by atoms with Crippen LogP contribution in [0.2, 0.25) is 0 Å². The molecule has 0 aromatic heterocycles. The van der Waals surface area contributed by atoms with Crippen molar-refractivity contribution in [3.05, 3.63) is 125 Å². The second kappa shape index (κ2) is 12.3. The Kier molecular flexibility index (Phi) is 8.22. The number of rotatable bonds is 9. The van der Waals surface area contributed by atoms with E-state index in [2.05, 4.69) is 10.6 Å². The van der Waals surface area contributed by atoms with Crippen molar-refractivity contribution in [1.29, 1.82) is 0 Å². The zero-order valence-electron chi connectivity index (χ0n) is 21.1. The number of carbonyl (C=O) groups is 3. The number of hydrogen-bond donors (Lipinski definition) is 2. The van der Waals surface area contributed by atoms with E-state index in [0.29, 0.717) is 28.3 Å². The summed E-state index contributed by atoms with van der Waals surface area (Å²) >= 11 is 1.31. The van der Waals surface area contributed by atoms with Crippen LogP contribution in [0.25, 0.3) is 6.08 Å². The highest BCUT2D eigenvalue weighted by molar-refractivity contribution is 8.00. The van der Waals surface area contributed by atoms with Crippen molar-refractivity contribution in [2.45, 2.75) is 4.90 Å². The fraction of sp³-hybridized carbons (Fsp3) is 0.0645. The molecule has 4 aromatic rings. The summed E-state index contributed by atoms with van der Waals surface area (Å²) in [6.45, 7) is 0.132. The molecule has 9 heteroatoms. The molecule has 0 atom stereocenters. The van der Waals surface area contributed by atoms with Gasteiger partial charge in [0.15, 0.2) is 17.3 Å². The van der Waals surface area contributed by atoms with E-state index in [4.69, 9.17) is 9.47 Å². The maximum Gasteiger partial charge on any atom is 0.272 e. The smallest absolute Gasteiger partial charge is 0.272 e. The standard InChI is InChI=1S/C31H23FN2O5S/c32-25-12-5-4-9-21(25)15-26(34-30(36)20-7-2-1-3-8-20)31(37)33-23-10-6-11-24(17-23)40-18-27(35)22-13-14-28-29(16-22)39-19-38-28/h1-17H,18-19H2,(H,33,37)(H,34,36)/b26-15-. The Balaban J connectivity index is 1.29. The number of nitrogens with one attached hydrogen (secondary N) is 2. The van der Waals surface area contributed by atoms with Gasteiger partial charge in [0.1, 0.15) is 11.5 Å². The highest BCUT2D eigenvalue weighted by atomic mass is 32.2. The third-order valence-corrected chi connectivity index (χ3v) is 6.88. The molecule has 4 aromatic carbocycles. The van der Waals surface area contributed by atoms with E-state index < -0.39 is 17.6 Å². The third kappa shape index (κ3) is 6.57. The largest absolute Gasteiger partial charge is 0.454 e. The first kappa shape index (κ1) is 26.7. The summed E-state index contributed by atoms with van der Waals surface area (Å²) in [4.78, 5) is 39.5. The maximum atomic E-state index is 14.4. The first-order valence-corrected chi connectivity index (χ1v) is 13.2. The molecule has 0 unspecified atom stereocenters. The van der Waals surface area contributed by atoms with E-state index in [-0.39, 0.29) is 29.6 Å². The summed E-state index contributed by atoms with van der Waals surface area (Å²) < 4.78 is 25.0. The highest BCUT2D eigenvalue weighted by Gasteiger charge is 2.18. The number of anilines is 1. The molecule has 1 aliphatic heterocycles. The number of benzene rings is 4. The summed E-state index contributed by atoms with van der Waals surface area (Å²) in [5.74, 6) is -0.447. The molecule has 200 valence electrons. The van der Waals surface area contributed by atoms with Crippen LogP contribution < -0.4 is 20.1 Å². The molecule has 1 heterocycles. The second-order valence-electron chi connectivity index (χ2n) is 8.66. The van der Waals surface area contributed by atoms with Gasteiger partial charge < -0.3 is 20.1 Å². The zero-order chi connectivity index (χ0) is 27.9. The Morgan fingerprint density at radius 2 is 1.60 bits per heavy atom. The minimum Gasteiger partial charge on any atom is -0.454 e. The van der Waals surface area contributed by atoms with Gasteiger partial charge in [-0.25, -0.2) is 4.39 Å². The van der Waals surface area contributed by atoms with E-state index >= 15 is 0 Å². The molecule has 0 saturated carbocycles. The summed E-state index contributed by atoms with van der Waals surface area (Å²) in [5, 5.41) is 5.35. The van der Waals surface area contributed by atoms with Crippen molar-refractivity contribution in [2.75, 3.05) is 17.9 Å². The van der Waals surface area contributed by atoms with Gasteiger partial charge >= 0.3 is 0 Å². The molecule has 0 spiro atoms. The number of hydrogen-bond acceptors (Lipinski definition) is 6. The Bertz CT molecular complexity index is 1610. The van der Waals surface area contributed by atoms with Crippen molar-refractivity contribution in [2.24, 2.45) is 0 Å². The third-order valence-electron chi connectivity index (χ3n) is 5.89. The molecule has 0 radical (unpaired) electrons. The van der Waals surface area contributed by atoms with E-state index in [1.54, 1.807) is 72.8 Å². The number of ketones is 1. The topological polar surface area (TPSA) is 93.7 Å². The number of ether oxygens (including phenoxy) is 2. The van der Waals surface area contributed by atoms with E-state index in [1.807, 2.05) is 6.07 Å². The number of Topliss-reactive ketones (excluding diaryl/α,β-unsaturated/α-hetero) is 1. The predicted molar refractivity (Wildman–Crippen MR) is 151 cm³/mol. The number of amides is 2. The molecule has 1 aliphatic rings. The zero-order valence-corrected chi connectivity index (χ0v) is 21.9. The lowest BCUT2D eigenvalue weighted by Gasteiger charge is -2.12. The monoisotopic (exact) mass is 554 g/mol. The fourth-order valence-corrected chi connectivity index (χ4v) is 4.70. The van der Waals surface area contributed by atoms with Gasteiger partial charge in [0, 0.05) is 27.3 Å². The molecule has 40 heavy (non-hydrogen) atoms. The van der Waals surface area contributed by atoms with Crippen molar-refractivity contribution in [1.82, 2.24) is 5.32 Å². The van der Waals surface area contributed by atoms with Gasteiger partial charge in [-0.15, -0.1) is 11.8 Å². The van der Waals surface area contributed by atoms with Gasteiger partial charge in [0.2, 0.25) is 6.79 Å². The molecule has 0 bridgehead atoms. The molecular weight excluding hydrogens is 531 g/mol. The summed E-state index contributed by atoms with van der Waals surface area (Å²) in [6.07, 6.45) is 1.29. The average Bonchev–Trinajstić information content (AvgIpc) is 3.45.